The summed E-state index contributed by atoms with van der Waals surface area (Å²) in [7, 11) is 0. The summed E-state index contributed by atoms with van der Waals surface area (Å²) >= 11 is 0. The Morgan fingerprint density at radius 1 is 0.844 bits per heavy atom. The molecule has 0 atom stereocenters. The number of carboxylic acid groups (broad SMARTS) is 1. The second kappa shape index (κ2) is 11.8. The number of likely N-dealkylation sites (N-methyl/N-ethyl adjacent to an activating group) is 1. The zero-order valence-corrected chi connectivity index (χ0v) is 27.5. The van der Waals surface area contributed by atoms with Crippen LogP contribution < -0.4 is 4.90 Å². The Balaban J connectivity index is 1.51. The van der Waals surface area contributed by atoms with Gasteiger partial charge in [-0.05, 0) is 93.0 Å². The van der Waals surface area contributed by atoms with Gasteiger partial charge >= 0.3 is 5.97 Å². The molecule has 0 radical (unpaired) electrons. The molecule has 0 saturated heterocycles. The van der Waals surface area contributed by atoms with E-state index in [1.54, 1.807) is 6.07 Å². The summed E-state index contributed by atoms with van der Waals surface area (Å²) in [5.74, 6) is -0.895. The minimum Gasteiger partial charge on any atom is -0.478 e. The number of hydrogen-bond acceptors (Lipinski definition) is 2. The highest BCUT2D eigenvalue weighted by Gasteiger charge is 2.43. The van der Waals surface area contributed by atoms with Gasteiger partial charge in [0.15, 0.2) is 5.71 Å². The molecule has 2 heterocycles. The first kappa shape index (κ1) is 30.6. The molecule has 6 rings (SSSR count). The molecule has 2 aliphatic heterocycles. The van der Waals surface area contributed by atoms with Crippen LogP contribution in [0.5, 0.6) is 0 Å². The quantitative estimate of drug-likeness (QED) is 0.276. The number of hydrogen-bond donors (Lipinski definition) is 1. The van der Waals surface area contributed by atoms with Crippen molar-refractivity contribution < 1.29 is 14.5 Å². The van der Waals surface area contributed by atoms with Gasteiger partial charge < -0.3 is 10.0 Å². The molecule has 45 heavy (non-hydrogen) atoms. The van der Waals surface area contributed by atoms with E-state index in [0.29, 0.717) is 5.56 Å². The van der Waals surface area contributed by atoms with Crippen molar-refractivity contribution in [1.82, 2.24) is 0 Å². The molecule has 0 aromatic heterocycles. The number of allylic oxidation sites excluding steroid dienone is 8. The first-order valence-corrected chi connectivity index (χ1v) is 16.4. The standard InChI is InChI=1S/C41H44N2O2/c1-7-42-34-22-13-11-20-32(34)40(3,4)36(42)26-24-28-16-15-17-29(38(28)30-18-9-10-19-31(30)39(44)45)25-27-37-41(5,6)33-21-12-14-23-35(33)43(37)8-2/h9-14,18-27H,7-8,15-17H2,1-6H3/p+1. The Labute approximate surface area is 268 Å². The molecule has 4 heteroatoms. The van der Waals surface area contributed by atoms with Crippen LogP contribution in [0.1, 0.15) is 87.9 Å². The van der Waals surface area contributed by atoms with E-state index in [-0.39, 0.29) is 10.8 Å². The van der Waals surface area contributed by atoms with Crippen LogP contribution in [0.25, 0.3) is 5.57 Å². The molecule has 230 valence electrons. The number of fused-ring (bicyclic) bond motifs is 2. The molecule has 3 aliphatic rings. The second-order valence-electron chi connectivity index (χ2n) is 13.3. The van der Waals surface area contributed by atoms with E-state index < -0.39 is 5.97 Å². The Morgan fingerprint density at radius 3 is 2.27 bits per heavy atom. The summed E-state index contributed by atoms with van der Waals surface area (Å²) < 4.78 is 2.42. The average molecular weight is 598 g/mol. The van der Waals surface area contributed by atoms with E-state index in [1.807, 2.05) is 18.2 Å². The van der Waals surface area contributed by atoms with Gasteiger partial charge in [0.25, 0.3) is 0 Å². The SMILES string of the molecule is CCN1C(=CC=C2CCCC(C=CC3=[N+](CC)c4ccccc4C3(C)C)=C2c2ccccc2C(=O)O)C(C)(C)c2ccccc21. The molecular weight excluding hydrogens is 552 g/mol. The molecule has 0 saturated carbocycles. The van der Waals surface area contributed by atoms with Crippen molar-refractivity contribution in [2.75, 3.05) is 18.0 Å². The molecule has 3 aromatic carbocycles. The molecule has 0 spiro atoms. The monoisotopic (exact) mass is 597 g/mol. The first-order chi connectivity index (χ1) is 21.6. The number of para-hydroxylation sites is 2. The Hall–Kier alpha value is -4.44. The lowest BCUT2D eigenvalue weighted by Gasteiger charge is -2.27. The lowest BCUT2D eigenvalue weighted by atomic mass is 9.79. The van der Waals surface area contributed by atoms with Gasteiger partial charge in [0.2, 0.25) is 5.69 Å². The molecule has 0 amide bonds. The molecule has 0 bridgehead atoms. The van der Waals surface area contributed by atoms with Crippen molar-refractivity contribution in [2.24, 2.45) is 0 Å². The fraction of sp³-hybridized carbons (Fsp3) is 0.317. The van der Waals surface area contributed by atoms with Gasteiger partial charge in [-0.3, -0.25) is 0 Å². The maximum Gasteiger partial charge on any atom is 0.336 e. The third kappa shape index (κ3) is 5.10. The van der Waals surface area contributed by atoms with Gasteiger partial charge in [-0.15, -0.1) is 0 Å². The van der Waals surface area contributed by atoms with Gasteiger partial charge in [-0.25, -0.2) is 4.79 Å². The van der Waals surface area contributed by atoms with Crippen LogP contribution in [0.4, 0.5) is 11.4 Å². The molecule has 1 N–H and O–H groups in total. The average Bonchev–Trinajstić information content (AvgIpc) is 3.40. The van der Waals surface area contributed by atoms with E-state index in [4.69, 9.17) is 0 Å². The largest absolute Gasteiger partial charge is 0.478 e. The van der Waals surface area contributed by atoms with Crippen LogP contribution in [0.15, 0.2) is 114 Å². The van der Waals surface area contributed by atoms with Crippen molar-refractivity contribution in [1.29, 1.82) is 0 Å². The van der Waals surface area contributed by atoms with Gasteiger partial charge in [0, 0.05) is 41.1 Å². The van der Waals surface area contributed by atoms with E-state index >= 15 is 0 Å². The fourth-order valence-corrected chi connectivity index (χ4v) is 7.81. The highest BCUT2D eigenvalue weighted by Crippen LogP contribution is 2.48. The van der Waals surface area contributed by atoms with Crippen LogP contribution in [0, 0.1) is 0 Å². The summed E-state index contributed by atoms with van der Waals surface area (Å²) in [6.45, 7) is 15.4. The van der Waals surface area contributed by atoms with Crippen molar-refractivity contribution in [2.45, 2.75) is 71.6 Å². The van der Waals surface area contributed by atoms with Crippen molar-refractivity contribution in [3.8, 4) is 0 Å². The van der Waals surface area contributed by atoms with Crippen LogP contribution in [0.2, 0.25) is 0 Å². The third-order valence-electron chi connectivity index (χ3n) is 10.1. The number of carboxylic acids is 1. The first-order valence-electron chi connectivity index (χ1n) is 16.4. The van der Waals surface area contributed by atoms with Crippen LogP contribution >= 0.6 is 0 Å². The summed E-state index contributed by atoms with van der Waals surface area (Å²) in [6, 6.07) is 24.9. The zero-order chi connectivity index (χ0) is 31.9. The number of benzene rings is 3. The molecule has 0 fully saturated rings. The number of carbonyl (C=O) groups is 1. The fourth-order valence-electron chi connectivity index (χ4n) is 7.81. The maximum atomic E-state index is 12.5. The molecule has 3 aromatic rings. The summed E-state index contributed by atoms with van der Waals surface area (Å²) in [4.78, 5) is 14.9. The summed E-state index contributed by atoms with van der Waals surface area (Å²) in [6.07, 6.45) is 11.9. The van der Waals surface area contributed by atoms with Crippen LogP contribution in [-0.2, 0) is 10.8 Å². The van der Waals surface area contributed by atoms with Crippen molar-refractivity contribution >= 4 is 28.6 Å². The smallest absolute Gasteiger partial charge is 0.336 e. The van der Waals surface area contributed by atoms with Gasteiger partial charge in [0.05, 0.1) is 11.0 Å². The Morgan fingerprint density at radius 2 is 1.53 bits per heavy atom. The highest BCUT2D eigenvalue weighted by molar-refractivity contribution is 6.04. The normalized spacial score (nSPS) is 20.4. The van der Waals surface area contributed by atoms with Crippen LogP contribution in [0.3, 0.4) is 0 Å². The van der Waals surface area contributed by atoms with Crippen molar-refractivity contribution in [3.05, 3.63) is 136 Å². The lowest BCUT2D eigenvalue weighted by Crippen LogP contribution is -2.27. The van der Waals surface area contributed by atoms with Crippen LogP contribution in [-0.4, -0.2) is 34.5 Å². The molecular formula is C41H45N2O2+. The number of anilines is 1. The number of nitrogens with zero attached hydrogens (tertiary/aromatic N) is 2. The van der Waals surface area contributed by atoms with Gasteiger partial charge in [-0.1, -0.05) is 80.6 Å². The van der Waals surface area contributed by atoms with Crippen molar-refractivity contribution in [3.63, 3.8) is 0 Å². The second-order valence-corrected chi connectivity index (χ2v) is 13.3. The Kier molecular flexibility index (Phi) is 8.03. The number of aromatic carboxylic acids is 1. The third-order valence-corrected chi connectivity index (χ3v) is 10.1. The van der Waals surface area contributed by atoms with E-state index in [2.05, 4.69) is 124 Å². The summed E-state index contributed by atoms with van der Waals surface area (Å²) in [5, 5.41) is 10.3. The van der Waals surface area contributed by atoms with Gasteiger partial charge in [0.1, 0.15) is 6.54 Å². The predicted molar refractivity (Wildman–Crippen MR) is 187 cm³/mol. The Bertz CT molecular complexity index is 1830. The predicted octanol–water partition coefficient (Wildman–Crippen LogP) is 9.60. The van der Waals surface area contributed by atoms with E-state index in [1.165, 1.54) is 45.1 Å². The molecule has 1 aliphatic carbocycles. The minimum atomic E-state index is -0.895. The van der Waals surface area contributed by atoms with Gasteiger partial charge in [-0.2, -0.15) is 4.58 Å². The zero-order valence-electron chi connectivity index (χ0n) is 27.5. The van der Waals surface area contributed by atoms with E-state index in [0.717, 1.165) is 43.5 Å². The lowest BCUT2D eigenvalue weighted by molar-refractivity contribution is -0.433. The highest BCUT2D eigenvalue weighted by atomic mass is 16.4. The number of rotatable bonds is 7. The van der Waals surface area contributed by atoms with E-state index in [9.17, 15) is 9.90 Å². The topological polar surface area (TPSA) is 43.5 Å². The minimum absolute atomic E-state index is 0.132. The molecule has 4 nitrogen and oxygen atoms in total. The summed E-state index contributed by atoms with van der Waals surface area (Å²) in [5.41, 5.74) is 12.1. The molecule has 0 unspecified atom stereocenters. The maximum absolute atomic E-state index is 12.5.